The molecule has 1 fully saturated rings. The smallest absolute Gasteiger partial charge is 0.122 e. The minimum atomic E-state index is 0.663. The Morgan fingerprint density at radius 3 is 2.75 bits per heavy atom. The molecule has 0 heterocycles. The van der Waals surface area contributed by atoms with Crippen LogP contribution in [0.2, 0.25) is 0 Å². The summed E-state index contributed by atoms with van der Waals surface area (Å²) in [6, 6.07) is 8.64. The predicted molar refractivity (Wildman–Crippen MR) is 85.5 cm³/mol. The van der Waals surface area contributed by atoms with Crippen LogP contribution in [0.15, 0.2) is 24.3 Å². The molecule has 0 amide bonds. The van der Waals surface area contributed by atoms with Crippen LogP contribution >= 0.6 is 0 Å². The molecule has 2 heteroatoms. The highest BCUT2D eigenvalue weighted by Gasteiger charge is 2.28. The van der Waals surface area contributed by atoms with Gasteiger partial charge in [0.25, 0.3) is 0 Å². The van der Waals surface area contributed by atoms with Crippen LogP contribution in [0.4, 0.5) is 0 Å². The van der Waals surface area contributed by atoms with E-state index in [-0.39, 0.29) is 0 Å². The number of ether oxygens (including phenoxy) is 1. The zero-order valence-corrected chi connectivity index (χ0v) is 13.0. The average Bonchev–Trinajstić information content (AvgIpc) is 2.49. The fourth-order valence-corrected chi connectivity index (χ4v) is 3.40. The molecule has 112 valence electrons. The van der Waals surface area contributed by atoms with Gasteiger partial charge in [0, 0.05) is 0 Å². The molecule has 2 atom stereocenters. The van der Waals surface area contributed by atoms with Gasteiger partial charge in [-0.1, -0.05) is 38.0 Å². The summed E-state index contributed by atoms with van der Waals surface area (Å²) in [6.07, 6.45) is 6.61. The molecule has 20 heavy (non-hydrogen) atoms. The number of para-hydroxylation sites is 1. The average molecular weight is 275 g/mol. The van der Waals surface area contributed by atoms with Crippen molar-refractivity contribution in [1.82, 2.24) is 5.32 Å². The molecule has 1 saturated carbocycles. The molecule has 2 unspecified atom stereocenters. The SMILES string of the molecule is CCCNCC1CCCCC1c1ccccc1OCC. The van der Waals surface area contributed by atoms with Crippen LogP contribution < -0.4 is 10.1 Å². The van der Waals surface area contributed by atoms with Crippen LogP contribution in [0, 0.1) is 5.92 Å². The summed E-state index contributed by atoms with van der Waals surface area (Å²) in [4.78, 5) is 0. The van der Waals surface area contributed by atoms with Gasteiger partial charge in [-0.3, -0.25) is 0 Å². The molecule has 2 rings (SSSR count). The van der Waals surface area contributed by atoms with E-state index in [1.165, 1.54) is 37.7 Å². The highest BCUT2D eigenvalue weighted by molar-refractivity contribution is 5.37. The van der Waals surface area contributed by atoms with Crippen molar-refractivity contribution in [3.63, 3.8) is 0 Å². The second-order valence-corrected chi connectivity index (χ2v) is 5.83. The first-order valence-electron chi connectivity index (χ1n) is 8.29. The first kappa shape index (κ1) is 15.4. The van der Waals surface area contributed by atoms with Crippen molar-refractivity contribution in [2.24, 2.45) is 5.92 Å². The van der Waals surface area contributed by atoms with E-state index in [9.17, 15) is 0 Å². The lowest BCUT2D eigenvalue weighted by Gasteiger charge is -2.33. The molecule has 0 aliphatic heterocycles. The third kappa shape index (κ3) is 3.99. The van der Waals surface area contributed by atoms with Crippen molar-refractivity contribution < 1.29 is 4.74 Å². The number of hydrogen-bond donors (Lipinski definition) is 1. The third-order valence-corrected chi connectivity index (χ3v) is 4.36. The summed E-state index contributed by atoms with van der Waals surface area (Å²) in [5.74, 6) is 2.52. The van der Waals surface area contributed by atoms with Gasteiger partial charge in [-0.2, -0.15) is 0 Å². The highest BCUT2D eigenvalue weighted by Crippen LogP contribution is 2.41. The maximum absolute atomic E-state index is 5.84. The Balaban J connectivity index is 2.10. The topological polar surface area (TPSA) is 21.3 Å². The summed E-state index contributed by atoms with van der Waals surface area (Å²) in [7, 11) is 0. The van der Waals surface area contributed by atoms with E-state index in [4.69, 9.17) is 4.74 Å². The molecular formula is C18H29NO. The Morgan fingerprint density at radius 2 is 1.95 bits per heavy atom. The highest BCUT2D eigenvalue weighted by atomic mass is 16.5. The van der Waals surface area contributed by atoms with E-state index in [0.717, 1.165) is 31.4 Å². The van der Waals surface area contributed by atoms with E-state index in [0.29, 0.717) is 5.92 Å². The summed E-state index contributed by atoms with van der Waals surface area (Å²) in [6.45, 7) is 7.34. The number of hydrogen-bond acceptors (Lipinski definition) is 2. The zero-order chi connectivity index (χ0) is 14.2. The zero-order valence-electron chi connectivity index (χ0n) is 13.0. The molecule has 0 aromatic heterocycles. The molecule has 0 bridgehead atoms. The van der Waals surface area contributed by atoms with Gasteiger partial charge >= 0.3 is 0 Å². The molecular weight excluding hydrogens is 246 g/mol. The number of rotatable bonds is 7. The first-order valence-corrected chi connectivity index (χ1v) is 8.29. The minimum absolute atomic E-state index is 0.663. The van der Waals surface area contributed by atoms with Crippen molar-refractivity contribution in [2.45, 2.75) is 51.9 Å². The van der Waals surface area contributed by atoms with Crippen molar-refractivity contribution in [3.05, 3.63) is 29.8 Å². The second-order valence-electron chi connectivity index (χ2n) is 5.83. The minimum Gasteiger partial charge on any atom is -0.494 e. The van der Waals surface area contributed by atoms with E-state index in [1.54, 1.807) is 0 Å². The molecule has 1 N–H and O–H groups in total. The molecule has 1 aromatic carbocycles. The van der Waals surface area contributed by atoms with Crippen LogP contribution in [-0.2, 0) is 0 Å². The van der Waals surface area contributed by atoms with E-state index in [2.05, 4.69) is 43.4 Å². The van der Waals surface area contributed by atoms with Crippen LogP contribution in [0.3, 0.4) is 0 Å². The molecule has 1 aromatic rings. The quantitative estimate of drug-likeness (QED) is 0.747. The molecule has 1 aliphatic carbocycles. The summed E-state index contributed by atoms with van der Waals surface area (Å²) in [5.41, 5.74) is 1.43. The fourth-order valence-electron chi connectivity index (χ4n) is 3.40. The Labute approximate surface area is 123 Å². The Hall–Kier alpha value is -1.02. The van der Waals surface area contributed by atoms with Gasteiger partial charge in [-0.05, 0) is 62.7 Å². The van der Waals surface area contributed by atoms with Crippen LogP contribution in [-0.4, -0.2) is 19.7 Å². The van der Waals surface area contributed by atoms with Crippen LogP contribution in [0.1, 0.15) is 57.4 Å². The Kier molecular flexibility index (Phi) is 6.38. The Morgan fingerprint density at radius 1 is 1.15 bits per heavy atom. The van der Waals surface area contributed by atoms with Crippen molar-refractivity contribution in [3.8, 4) is 5.75 Å². The second kappa shape index (κ2) is 8.31. The first-order chi connectivity index (χ1) is 9.86. The molecule has 1 aliphatic rings. The molecule has 0 saturated heterocycles. The normalized spacial score (nSPS) is 22.7. The monoisotopic (exact) mass is 275 g/mol. The molecule has 0 spiro atoms. The number of nitrogens with one attached hydrogen (secondary N) is 1. The predicted octanol–water partition coefficient (Wildman–Crippen LogP) is 4.36. The van der Waals surface area contributed by atoms with Gasteiger partial charge in [0.2, 0.25) is 0 Å². The largest absolute Gasteiger partial charge is 0.494 e. The summed E-state index contributed by atoms with van der Waals surface area (Å²) < 4.78 is 5.84. The van der Waals surface area contributed by atoms with E-state index >= 15 is 0 Å². The van der Waals surface area contributed by atoms with Gasteiger partial charge in [0.1, 0.15) is 5.75 Å². The fraction of sp³-hybridized carbons (Fsp3) is 0.667. The third-order valence-electron chi connectivity index (χ3n) is 4.36. The van der Waals surface area contributed by atoms with Crippen LogP contribution in [0.25, 0.3) is 0 Å². The van der Waals surface area contributed by atoms with Crippen LogP contribution in [0.5, 0.6) is 5.75 Å². The lowest BCUT2D eigenvalue weighted by Crippen LogP contribution is -2.30. The summed E-state index contributed by atoms with van der Waals surface area (Å²) >= 11 is 0. The standard InChI is InChI=1S/C18H29NO/c1-3-13-19-14-15-9-5-6-10-16(15)17-11-7-8-12-18(17)20-4-2/h7-8,11-12,15-16,19H,3-6,9-10,13-14H2,1-2H3. The van der Waals surface area contributed by atoms with E-state index in [1.807, 2.05) is 0 Å². The maximum Gasteiger partial charge on any atom is 0.122 e. The van der Waals surface area contributed by atoms with Crippen molar-refractivity contribution in [2.75, 3.05) is 19.7 Å². The maximum atomic E-state index is 5.84. The van der Waals surface area contributed by atoms with Crippen molar-refractivity contribution >= 4 is 0 Å². The van der Waals surface area contributed by atoms with E-state index < -0.39 is 0 Å². The lowest BCUT2D eigenvalue weighted by atomic mass is 9.75. The van der Waals surface area contributed by atoms with Gasteiger partial charge in [-0.15, -0.1) is 0 Å². The lowest BCUT2D eigenvalue weighted by molar-refractivity contribution is 0.280. The molecule has 0 radical (unpaired) electrons. The van der Waals surface area contributed by atoms with Gasteiger partial charge < -0.3 is 10.1 Å². The van der Waals surface area contributed by atoms with Gasteiger partial charge in [0.05, 0.1) is 6.61 Å². The van der Waals surface area contributed by atoms with Crippen molar-refractivity contribution in [1.29, 1.82) is 0 Å². The summed E-state index contributed by atoms with van der Waals surface area (Å²) in [5, 5.41) is 3.62. The number of benzene rings is 1. The van der Waals surface area contributed by atoms with Gasteiger partial charge in [0.15, 0.2) is 0 Å². The van der Waals surface area contributed by atoms with Gasteiger partial charge in [-0.25, -0.2) is 0 Å². The molecule has 2 nitrogen and oxygen atoms in total. The Bertz CT molecular complexity index is 391.